The van der Waals surface area contributed by atoms with Crippen LogP contribution in [0.25, 0.3) is 0 Å². The fourth-order valence-corrected chi connectivity index (χ4v) is 5.20. The number of amides is 1. The van der Waals surface area contributed by atoms with Gasteiger partial charge in [-0.15, -0.1) is 0 Å². The van der Waals surface area contributed by atoms with Crippen molar-refractivity contribution < 1.29 is 14.3 Å². The molecule has 3 aliphatic rings. The number of rotatable bonds is 5. The molecule has 0 aromatic carbocycles. The van der Waals surface area contributed by atoms with E-state index in [9.17, 15) is 10.1 Å². The van der Waals surface area contributed by atoms with Crippen molar-refractivity contribution >= 4 is 17.6 Å². The number of ether oxygens (including phenoxy) is 2. The van der Waals surface area contributed by atoms with Gasteiger partial charge in [-0.25, -0.2) is 4.79 Å². The van der Waals surface area contributed by atoms with Crippen LogP contribution in [-0.4, -0.2) is 89.1 Å². The van der Waals surface area contributed by atoms with Gasteiger partial charge in [0.25, 0.3) is 0 Å². The van der Waals surface area contributed by atoms with E-state index in [2.05, 4.69) is 22.9 Å². The molecule has 0 unspecified atom stereocenters. The summed E-state index contributed by atoms with van der Waals surface area (Å²) >= 11 is 0. The number of likely N-dealkylation sites (N-methyl/N-ethyl adjacent to an activating group) is 1. The first-order chi connectivity index (χ1) is 17.1. The van der Waals surface area contributed by atoms with Crippen molar-refractivity contribution in [3.05, 3.63) is 11.3 Å². The molecule has 1 aromatic rings. The van der Waals surface area contributed by atoms with Crippen LogP contribution in [0, 0.1) is 16.7 Å². The summed E-state index contributed by atoms with van der Waals surface area (Å²) in [6.07, 6.45) is 4.90. The number of nitrogens with zero attached hydrogens (tertiary/aromatic N) is 6. The van der Waals surface area contributed by atoms with Crippen LogP contribution in [0.15, 0.2) is 0 Å². The molecular formula is C26H39N7O3. The monoisotopic (exact) mass is 497 g/mol. The number of nitrogens with one attached hydrogen (secondary N) is 1. The van der Waals surface area contributed by atoms with E-state index in [-0.39, 0.29) is 18.6 Å². The number of hydrogen-bond acceptors (Lipinski definition) is 9. The third-order valence-corrected chi connectivity index (χ3v) is 7.20. The smallest absolute Gasteiger partial charge is 0.410 e. The zero-order chi connectivity index (χ0) is 25.9. The molecule has 196 valence electrons. The van der Waals surface area contributed by atoms with Gasteiger partial charge in [-0.3, -0.25) is 0 Å². The van der Waals surface area contributed by atoms with Gasteiger partial charge in [-0.1, -0.05) is 0 Å². The molecule has 2 saturated heterocycles. The fourth-order valence-electron chi connectivity index (χ4n) is 5.20. The number of hydrogen-bond donors (Lipinski definition) is 1. The van der Waals surface area contributed by atoms with Gasteiger partial charge < -0.3 is 29.6 Å². The number of aryl methyl sites for hydroxylation is 1. The van der Waals surface area contributed by atoms with Crippen LogP contribution in [0.5, 0.6) is 6.01 Å². The highest BCUT2D eigenvalue weighted by molar-refractivity contribution is 5.82. The highest BCUT2D eigenvalue weighted by atomic mass is 16.6. The van der Waals surface area contributed by atoms with Crippen LogP contribution in [0.3, 0.4) is 0 Å². The molecule has 1 N–H and O–H groups in total. The average molecular weight is 498 g/mol. The molecular weight excluding hydrogens is 458 g/mol. The first-order valence-electron chi connectivity index (χ1n) is 13.0. The second-order valence-corrected chi connectivity index (χ2v) is 11.1. The number of carbonyl (C=O) groups is 1. The zero-order valence-electron chi connectivity index (χ0n) is 22.0. The minimum Gasteiger partial charge on any atom is -0.462 e. The molecule has 1 aromatic heterocycles. The van der Waals surface area contributed by atoms with Crippen LogP contribution in [-0.2, 0) is 17.6 Å². The minimum absolute atomic E-state index is 0.213. The van der Waals surface area contributed by atoms with Crippen molar-refractivity contribution in [3.8, 4) is 12.1 Å². The fraction of sp³-hybridized carbons (Fsp3) is 0.731. The summed E-state index contributed by atoms with van der Waals surface area (Å²) in [5, 5.41) is 17.7. The van der Waals surface area contributed by atoms with Crippen molar-refractivity contribution in [1.29, 1.82) is 10.7 Å². The van der Waals surface area contributed by atoms with Gasteiger partial charge in [0.05, 0.1) is 24.2 Å². The summed E-state index contributed by atoms with van der Waals surface area (Å²) in [4.78, 5) is 28.6. The Kier molecular flexibility index (Phi) is 7.98. The van der Waals surface area contributed by atoms with Gasteiger partial charge in [-0.2, -0.15) is 15.2 Å². The largest absolute Gasteiger partial charge is 0.462 e. The number of aromatic nitrogens is 2. The van der Waals surface area contributed by atoms with Crippen LogP contribution in [0.4, 0.5) is 10.6 Å². The highest BCUT2D eigenvalue weighted by Crippen LogP contribution is 2.31. The van der Waals surface area contributed by atoms with Crippen LogP contribution < -0.4 is 9.64 Å². The van der Waals surface area contributed by atoms with E-state index in [1.165, 1.54) is 6.42 Å². The Morgan fingerprint density at radius 3 is 2.61 bits per heavy atom. The number of nitriles is 1. The molecule has 10 heteroatoms. The van der Waals surface area contributed by atoms with Gasteiger partial charge >= 0.3 is 12.1 Å². The number of likely N-dealkylation sites (tertiary alicyclic amines) is 1. The third kappa shape index (κ3) is 6.25. The topological polar surface area (TPSA) is 119 Å². The van der Waals surface area contributed by atoms with E-state index in [0.717, 1.165) is 35.8 Å². The van der Waals surface area contributed by atoms with Crippen molar-refractivity contribution in [2.75, 3.05) is 44.7 Å². The Labute approximate surface area is 214 Å². The van der Waals surface area contributed by atoms with Crippen LogP contribution in [0.2, 0.25) is 0 Å². The first kappa shape index (κ1) is 26.1. The lowest BCUT2D eigenvalue weighted by Crippen LogP contribution is -2.56. The minimum atomic E-state index is -0.598. The highest BCUT2D eigenvalue weighted by Gasteiger charge is 2.35. The van der Waals surface area contributed by atoms with Gasteiger partial charge in [0.15, 0.2) is 0 Å². The number of carbonyl (C=O) groups excluding carboxylic acids is 1. The van der Waals surface area contributed by atoms with E-state index in [0.29, 0.717) is 64.0 Å². The van der Waals surface area contributed by atoms with E-state index in [1.807, 2.05) is 20.8 Å². The molecule has 1 amide bonds. The molecule has 2 atom stereocenters. The Morgan fingerprint density at radius 2 is 1.92 bits per heavy atom. The molecule has 10 nitrogen and oxygen atoms in total. The van der Waals surface area contributed by atoms with Crippen molar-refractivity contribution in [2.45, 2.75) is 83.4 Å². The Hall–Kier alpha value is -2.93. The molecule has 0 bridgehead atoms. The van der Waals surface area contributed by atoms with Crippen molar-refractivity contribution in [2.24, 2.45) is 0 Å². The number of piperazine rings is 1. The molecule has 0 spiro atoms. The maximum atomic E-state index is 12.9. The van der Waals surface area contributed by atoms with Crippen molar-refractivity contribution in [1.82, 2.24) is 19.8 Å². The summed E-state index contributed by atoms with van der Waals surface area (Å²) in [7, 11) is 2.12. The molecule has 1 aliphatic carbocycles. The van der Waals surface area contributed by atoms with Crippen LogP contribution in [0.1, 0.15) is 64.1 Å². The molecule has 36 heavy (non-hydrogen) atoms. The summed E-state index contributed by atoms with van der Waals surface area (Å²) < 4.78 is 11.7. The maximum absolute atomic E-state index is 12.9. The Balaban J connectivity index is 1.58. The lowest BCUT2D eigenvalue weighted by atomic mass is 10.1. The third-order valence-electron chi connectivity index (χ3n) is 7.20. The summed E-state index contributed by atoms with van der Waals surface area (Å²) in [6.45, 7) is 8.67. The predicted molar refractivity (Wildman–Crippen MR) is 137 cm³/mol. The zero-order valence-corrected chi connectivity index (χ0v) is 22.0. The standard InChI is InChI=1S/C26H39N7O3/c1-26(2,3)36-25(34)33-15-14-32(16-19(33)11-12-27)23-21-9-7-18(28)8-10-22(21)29-24(30-23)35-17-20-6-5-13-31(20)4/h19-20,28H,5-11,13-17H2,1-4H3/t19-,20-/m0/s1. The van der Waals surface area contributed by atoms with Crippen molar-refractivity contribution in [3.63, 3.8) is 0 Å². The Bertz CT molecular complexity index is 1020. The SMILES string of the molecule is CN1CCC[C@H]1COc1nc2c(c(N3CCN(C(=O)OC(C)(C)C)[C@@H](CC#N)C3)n1)CCC(=N)CC2. The predicted octanol–water partition coefficient (Wildman–Crippen LogP) is 3.19. The lowest BCUT2D eigenvalue weighted by Gasteiger charge is -2.42. The maximum Gasteiger partial charge on any atom is 0.410 e. The molecule has 2 fully saturated rings. The molecule has 4 rings (SSSR count). The number of fused-ring (bicyclic) bond motifs is 1. The van der Waals surface area contributed by atoms with E-state index < -0.39 is 5.60 Å². The van der Waals surface area contributed by atoms with Gasteiger partial charge in [0, 0.05) is 37.0 Å². The van der Waals surface area contributed by atoms with Gasteiger partial charge in [-0.05, 0) is 72.9 Å². The van der Waals surface area contributed by atoms with E-state index in [1.54, 1.807) is 4.90 Å². The number of anilines is 1. The Morgan fingerprint density at radius 1 is 1.14 bits per heavy atom. The second kappa shape index (κ2) is 11.0. The average Bonchev–Trinajstić information content (AvgIpc) is 3.13. The van der Waals surface area contributed by atoms with E-state index >= 15 is 0 Å². The molecule has 0 radical (unpaired) electrons. The second-order valence-electron chi connectivity index (χ2n) is 11.1. The first-order valence-corrected chi connectivity index (χ1v) is 13.0. The lowest BCUT2D eigenvalue weighted by molar-refractivity contribution is 0.0144. The molecule has 0 saturated carbocycles. The van der Waals surface area contributed by atoms with Crippen LogP contribution >= 0.6 is 0 Å². The molecule has 3 heterocycles. The van der Waals surface area contributed by atoms with E-state index in [4.69, 9.17) is 24.9 Å². The quantitative estimate of drug-likeness (QED) is 0.616. The molecule has 2 aliphatic heterocycles. The normalized spacial score (nSPS) is 23.1. The van der Waals surface area contributed by atoms with Gasteiger partial charge in [0.2, 0.25) is 0 Å². The summed E-state index contributed by atoms with van der Waals surface area (Å²) in [5.74, 6) is 0.816. The summed E-state index contributed by atoms with van der Waals surface area (Å²) in [5.41, 5.74) is 2.14. The summed E-state index contributed by atoms with van der Waals surface area (Å²) in [6, 6.07) is 2.68. The van der Waals surface area contributed by atoms with Gasteiger partial charge in [0.1, 0.15) is 18.0 Å².